The average molecular weight is 370 g/mol. The second-order valence-corrected chi connectivity index (χ2v) is 6.96. The molecule has 5 heteroatoms. The van der Waals surface area contributed by atoms with E-state index in [1.54, 1.807) is 0 Å². The summed E-state index contributed by atoms with van der Waals surface area (Å²) in [5.41, 5.74) is 1.55. The van der Waals surface area contributed by atoms with Crippen molar-refractivity contribution in [1.29, 1.82) is 0 Å². The van der Waals surface area contributed by atoms with Crippen molar-refractivity contribution in [2.45, 2.75) is 40.2 Å². The van der Waals surface area contributed by atoms with E-state index in [-0.39, 0.29) is 18.6 Å². The summed E-state index contributed by atoms with van der Waals surface area (Å²) in [6, 6.07) is 15.1. The van der Waals surface area contributed by atoms with E-state index in [0.29, 0.717) is 24.0 Å². The number of carbonyl (C=O) groups is 1. The molecule has 146 valence electrons. The number of carbonyl (C=O) groups excluding carboxylic acids is 1. The number of hydrogen-bond acceptors (Lipinski definition) is 4. The van der Waals surface area contributed by atoms with Crippen LogP contribution in [-0.4, -0.2) is 25.2 Å². The van der Waals surface area contributed by atoms with E-state index in [1.807, 2.05) is 55.5 Å². The molecule has 5 nitrogen and oxygen atoms in total. The maximum absolute atomic E-state index is 12.3. The average Bonchev–Trinajstić information content (AvgIpc) is 2.66. The lowest BCUT2D eigenvalue weighted by Gasteiger charge is -2.15. The Hall–Kier alpha value is -2.69. The van der Waals surface area contributed by atoms with Crippen LogP contribution in [0.4, 0.5) is 11.4 Å². The van der Waals surface area contributed by atoms with Crippen LogP contribution in [0.3, 0.4) is 0 Å². The number of hydrogen-bond donors (Lipinski definition) is 2. The van der Waals surface area contributed by atoms with E-state index in [4.69, 9.17) is 9.47 Å². The Labute approximate surface area is 162 Å². The molecule has 0 saturated carbocycles. The largest absolute Gasteiger partial charge is 0.491 e. The molecule has 1 unspecified atom stereocenters. The highest BCUT2D eigenvalue weighted by molar-refractivity contribution is 5.95. The van der Waals surface area contributed by atoms with Crippen LogP contribution in [0.25, 0.3) is 0 Å². The minimum absolute atomic E-state index is 0.129. The maximum atomic E-state index is 12.3. The van der Waals surface area contributed by atoms with Gasteiger partial charge in [0, 0.05) is 5.69 Å². The number of benzene rings is 2. The van der Waals surface area contributed by atoms with Gasteiger partial charge in [0.05, 0.1) is 24.9 Å². The molecular formula is C22H30N2O3. The highest BCUT2D eigenvalue weighted by atomic mass is 16.5. The van der Waals surface area contributed by atoms with Crippen LogP contribution in [0.15, 0.2) is 48.5 Å². The quantitative estimate of drug-likeness (QED) is 0.621. The SMILES string of the molecule is CCC(C)Oc1ccc(NCC(=O)Nc2ccccc2OCC(C)C)cc1. The predicted molar refractivity (Wildman–Crippen MR) is 111 cm³/mol. The number of rotatable bonds is 10. The standard InChI is InChI=1S/C22H30N2O3/c1-5-17(4)27-19-12-10-18(11-13-19)23-14-22(25)24-20-8-6-7-9-21(20)26-15-16(2)3/h6-13,16-17,23H,5,14-15H2,1-4H3,(H,24,25). The van der Waals surface area contributed by atoms with Crippen molar-refractivity contribution in [3.05, 3.63) is 48.5 Å². The summed E-state index contributed by atoms with van der Waals surface area (Å²) in [4.78, 5) is 12.3. The van der Waals surface area contributed by atoms with Crippen molar-refractivity contribution < 1.29 is 14.3 Å². The third-order valence-electron chi connectivity index (χ3n) is 3.95. The van der Waals surface area contributed by atoms with E-state index < -0.39 is 0 Å². The normalized spacial score (nSPS) is 11.7. The zero-order chi connectivity index (χ0) is 19.6. The highest BCUT2D eigenvalue weighted by Crippen LogP contribution is 2.24. The monoisotopic (exact) mass is 370 g/mol. The Balaban J connectivity index is 1.86. The van der Waals surface area contributed by atoms with Gasteiger partial charge in [0.25, 0.3) is 0 Å². The van der Waals surface area contributed by atoms with Gasteiger partial charge in [0.2, 0.25) is 5.91 Å². The molecule has 0 aromatic heterocycles. The molecule has 2 N–H and O–H groups in total. The van der Waals surface area contributed by atoms with Crippen LogP contribution >= 0.6 is 0 Å². The first-order chi connectivity index (χ1) is 13.0. The van der Waals surface area contributed by atoms with Crippen LogP contribution in [0.2, 0.25) is 0 Å². The van der Waals surface area contributed by atoms with Crippen molar-refractivity contribution >= 4 is 17.3 Å². The molecule has 2 rings (SSSR count). The summed E-state index contributed by atoms with van der Waals surface area (Å²) in [6.07, 6.45) is 1.15. The summed E-state index contributed by atoms with van der Waals surface area (Å²) >= 11 is 0. The summed E-state index contributed by atoms with van der Waals surface area (Å²) < 4.78 is 11.5. The smallest absolute Gasteiger partial charge is 0.243 e. The van der Waals surface area contributed by atoms with Crippen LogP contribution in [0.5, 0.6) is 11.5 Å². The van der Waals surface area contributed by atoms with Gasteiger partial charge in [0.1, 0.15) is 11.5 Å². The van der Waals surface area contributed by atoms with E-state index in [2.05, 4.69) is 31.4 Å². The Kier molecular flexibility index (Phi) is 7.99. The lowest BCUT2D eigenvalue weighted by atomic mass is 10.2. The molecule has 0 radical (unpaired) electrons. The first-order valence-electron chi connectivity index (χ1n) is 9.50. The van der Waals surface area contributed by atoms with Crippen molar-refractivity contribution in [3.8, 4) is 11.5 Å². The van der Waals surface area contributed by atoms with Gasteiger partial charge in [-0.15, -0.1) is 0 Å². The topological polar surface area (TPSA) is 59.6 Å². The molecule has 2 aromatic rings. The molecular weight excluding hydrogens is 340 g/mol. The highest BCUT2D eigenvalue weighted by Gasteiger charge is 2.08. The van der Waals surface area contributed by atoms with Gasteiger partial charge in [-0.25, -0.2) is 0 Å². The Morgan fingerprint density at radius 2 is 1.74 bits per heavy atom. The van der Waals surface area contributed by atoms with Crippen molar-refractivity contribution in [2.75, 3.05) is 23.8 Å². The Bertz CT molecular complexity index is 714. The summed E-state index contributed by atoms with van der Waals surface area (Å²) in [7, 11) is 0. The van der Waals surface area contributed by atoms with Crippen LogP contribution in [0.1, 0.15) is 34.1 Å². The third-order valence-corrected chi connectivity index (χ3v) is 3.95. The molecule has 0 fully saturated rings. The number of amides is 1. The molecule has 2 aromatic carbocycles. The van der Waals surface area contributed by atoms with Crippen LogP contribution in [-0.2, 0) is 4.79 Å². The van der Waals surface area contributed by atoms with Crippen molar-refractivity contribution in [2.24, 2.45) is 5.92 Å². The number of para-hydroxylation sites is 2. The lowest BCUT2D eigenvalue weighted by Crippen LogP contribution is -2.22. The van der Waals surface area contributed by atoms with Gasteiger partial charge in [-0.2, -0.15) is 0 Å². The van der Waals surface area contributed by atoms with Crippen molar-refractivity contribution in [3.63, 3.8) is 0 Å². The molecule has 1 atom stereocenters. The van der Waals surface area contributed by atoms with Crippen LogP contribution in [0, 0.1) is 5.92 Å². The second kappa shape index (κ2) is 10.5. The zero-order valence-electron chi connectivity index (χ0n) is 16.6. The molecule has 0 aliphatic carbocycles. The summed E-state index contributed by atoms with van der Waals surface area (Å²) in [5.74, 6) is 1.81. The van der Waals surface area contributed by atoms with Gasteiger partial charge < -0.3 is 20.1 Å². The molecule has 27 heavy (non-hydrogen) atoms. The fraction of sp³-hybridized carbons (Fsp3) is 0.409. The second-order valence-electron chi connectivity index (χ2n) is 6.96. The fourth-order valence-corrected chi connectivity index (χ4v) is 2.30. The predicted octanol–water partition coefficient (Wildman–Crippen LogP) is 4.95. The fourth-order valence-electron chi connectivity index (χ4n) is 2.30. The first-order valence-corrected chi connectivity index (χ1v) is 9.50. The molecule has 0 bridgehead atoms. The van der Waals surface area contributed by atoms with E-state index >= 15 is 0 Å². The number of nitrogens with one attached hydrogen (secondary N) is 2. The molecule has 0 aliphatic heterocycles. The van der Waals surface area contributed by atoms with Gasteiger partial charge in [0.15, 0.2) is 0 Å². The number of ether oxygens (including phenoxy) is 2. The lowest BCUT2D eigenvalue weighted by molar-refractivity contribution is -0.114. The number of anilines is 2. The van der Waals surface area contributed by atoms with Crippen LogP contribution < -0.4 is 20.1 Å². The van der Waals surface area contributed by atoms with Gasteiger partial charge in [-0.05, 0) is 55.7 Å². The summed E-state index contributed by atoms with van der Waals surface area (Å²) in [5, 5.41) is 6.02. The zero-order valence-corrected chi connectivity index (χ0v) is 16.6. The maximum Gasteiger partial charge on any atom is 0.243 e. The third kappa shape index (κ3) is 7.21. The minimum Gasteiger partial charge on any atom is -0.491 e. The molecule has 0 spiro atoms. The molecule has 1 amide bonds. The van der Waals surface area contributed by atoms with E-state index in [1.165, 1.54) is 0 Å². The van der Waals surface area contributed by atoms with Gasteiger partial charge in [-0.1, -0.05) is 32.9 Å². The van der Waals surface area contributed by atoms with Gasteiger partial charge in [-0.3, -0.25) is 4.79 Å². The Morgan fingerprint density at radius 3 is 2.41 bits per heavy atom. The minimum atomic E-state index is -0.129. The molecule has 0 heterocycles. The molecule has 0 aliphatic rings. The first kappa shape index (κ1) is 20.6. The van der Waals surface area contributed by atoms with Crippen molar-refractivity contribution in [1.82, 2.24) is 0 Å². The van der Waals surface area contributed by atoms with E-state index in [9.17, 15) is 4.79 Å². The molecule has 0 saturated heterocycles. The van der Waals surface area contributed by atoms with Gasteiger partial charge >= 0.3 is 0 Å². The van der Waals surface area contributed by atoms with E-state index in [0.717, 1.165) is 17.9 Å². The Morgan fingerprint density at radius 1 is 1.04 bits per heavy atom. The summed E-state index contributed by atoms with van der Waals surface area (Å²) in [6.45, 7) is 9.08.